The van der Waals surface area contributed by atoms with Crippen molar-refractivity contribution in [3.8, 4) is 11.5 Å². The number of amides is 1. The van der Waals surface area contributed by atoms with E-state index in [1.807, 2.05) is 29.1 Å². The smallest absolute Gasteiger partial charge is 0.255 e. The Bertz CT molecular complexity index is 906. The van der Waals surface area contributed by atoms with E-state index in [2.05, 4.69) is 22.5 Å². The van der Waals surface area contributed by atoms with E-state index < -0.39 is 0 Å². The summed E-state index contributed by atoms with van der Waals surface area (Å²) in [5, 5.41) is 7.17. The second kappa shape index (κ2) is 7.31. The van der Waals surface area contributed by atoms with E-state index >= 15 is 0 Å². The number of fused-ring (bicyclic) bond motifs is 1. The minimum absolute atomic E-state index is 0.204. The Morgan fingerprint density at radius 3 is 2.73 bits per heavy atom. The van der Waals surface area contributed by atoms with Crippen molar-refractivity contribution in [2.24, 2.45) is 0 Å². The maximum Gasteiger partial charge on any atom is 0.255 e. The summed E-state index contributed by atoms with van der Waals surface area (Å²) < 4.78 is 12.8. The molecular weight excluding hydrogens is 330 g/mol. The topological polar surface area (TPSA) is 65.4 Å². The van der Waals surface area contributed by atoms with Gasteiger partial charge in [0.25, 0.3) is 5.91 Å². The molecule has 0 spiro atoms. The molecule has 0 fully saturated rings. The first kappa shape index (κ1) is 16.2. The molecule has 6 heteroatoms. The van der Waals surface area contributed by atoms with Gasteiger partial charge in [-0.15, -0.1) is 0 Å². The van der Waals surface area contributed by atoms with Crippen LogP contribution < -0.4 is 14.8 Å². The van der Waals surface area contributed by atoms with Crippen molar-refractivity contribution in [2.75, 3.05) is 18.5 Å². The van der Waals surface area contributed by atoms with Crippen molar-refractivity contribution < 1.29 is 14.3 Å². The third-order valence-corrected chi connectivity index (χ3v) is 4.17. The van der Waals surface area contributed by atoms with Gasteiger partial charge in [0.05, 0.1) is 11.9 Å². The lowest BCUT2D eigenvalue weighted by atomic mass is 10.1. The van der Waals surface area contributed by atoms with E-state index in [0.29, 0.717) is 36.0 Å². The number of hydrogen-bond acceptors (Lipinski definition) is 4. The van der Waals surface area contributed by atoms with Crippen LogP contribution in [0.4, 0.5) is 5.69 Å². The summed E-state index contributed by atoms with van der Waals surface area (Å²) in [7, 11) is 0. The van der Waals surface area contributed by atoms with Crippen molar-refractivity contribution in [1.29, 1.82) is 0 Å². The largest absolute Gasteiger partial charge is 0.486 e. The summed E-state index contributed by atoms with van der Waals surface area (Å²) in [4.78, 5) is 12.4. The van der Waals surface area contributed by atoms with Gasteiger partial charge in [0.1, 0.15) is 13.2 Å². The molecule has 0 unspecified atom stereocenters. The highest BCUT2D eigenvalue weighted by Crippen LogP contribution is 2.30. The normalized spacial score (nSPS) is 12.6. The Labute approximate surface area is 151 Å². The molecule has 3 aromatic rings. The number of aromatic nitrogens is 2. The van der Waals surface area contributed by atoms with Gasteiger partial charge in [-0.25, -0.2) is 0 Å². The van der Waals surface area contributed by atoms with Gasteiger partial charge in [-0.1, -0.05) is 30.3 Å². The van der Waals surface area contributed by atoms with Crippen molar-refractivity contribution in [3.05, 3.63) is 72.1 Å². The van der Waals surface area contributed by atoms with Gasteiger partial charge in [-0.2, -0.15) is 5.10 Å². The molecule has 2 heterocycles. The van der Waals surface area contributed by atoms with Crippen LogP contribution in [0.1, 0.15) is 15.9 Å². The number of anilines is 1. The van der Waals surface area contributed by atoms with Crippen LogP contribution in [-0.2, 0) is 13.0 Å². The molecule has 1 N–H and O–H groups in total. The summed E-state index contributed by atoms with van der Waals surface area (Å²) >= 11 is 0. The monoisotopic (exact) mass is 349 g/mol. The number of rotatable bonds is 5. The van der Waals surface area contributed by atoms with Crippen LogP contribution in [0.2, 0.25) is 0 Å². The molecule has 0 radical (unpaired) electrons. The van der Waals surface area contributed by atoms with Crippen LogP contribution in [0, 0.1) is 0 Å². The van der Waals surface area contributed by atoms with Gasteiger partial charge in [0.2, 0.25) is 0 Å². The van der Waals surface area contributed by atoms with E-state index in [1.165, 1.54) is 5.56 Å². The number of nitrogens with one attached hydrogen (secondary N) is 1. The zero-order valence-electron chi connectivity index (χ0n) is 14.2. The number of hydrogen-bond donors (Lipinski definition) is 1. The molecule has 0 atom stereocenters. The summed E-state index contributed by atoms with van der Waals surface area (Å²) in [6, 6.07) is 15.4. The van der Waals surface area contributed by atoms with Crippen LogP contribution in [0.3, 0.4) is 0 Å². The minimum Gasteiger partial charge on any atom is -0.486 e. The molecule has 0 saturated carbocycles. The van der Waals surface area contributed by atoms with E-state index in [-0.39, 0.29) is 5.91 Å². The molecule has 0 aliphatic carbocycles. The highest BCUT2D eigenvalue weighted by atomic mass is 16.6. The van der Waals surface area contributed by atoms with Crippen molar-refractivity contribution in [3.63, 3.8) is 0 Å². The summed E-state index contributed by atoms with van der Waals surface area (Å²) in [6.45, 7) is 1.77. The molecular formula is C20H19N3O3. The molecule has 0 bridgehead atoms. The molecule has 132 valence electrons. The molecule has 2 aromatic carbocycles. The second-order valence-corrected chi connectivity index (χ2v) is 6.04. The zero-order valence-corrected chi connectivity index (χ0v) is 14.2. The van der Waals surface area contributed by atoms with Gasteiger partial charge in [0.15, 0.2) is 11.5 Å². The number of carbonyl (C=O) groups is 1. The SMILES string of the molecule is O=C(Nc1cnn(CCc2ccccc2)c1)c1ccc2c(c1)OCCO2. The van der Waals surface area contributed by atoms with Crippen LogP contribution in [-0.4, -0.2) is 28.9 Å². The number of benzene rings is 2. The van der Waals surface area contributed by atoms with Crippen molar-refractivity contribution in [2.45, 2.75) is 13.0 Å². The minimum atomic E-state index is -0.204. The molecule has 26 heavy (non-hydrogen) atoms. The van der Waals surface area contributed by atoms with Crippen LogP contribution in [0.25, 0.3) is 0 Å². The Morgan fingerprint density at radius 1 is 1.08 bits per heavy atom. The Morgan fingerprint density at radius 2 is 1.88 bits per heavy atom. The van der Waals surface area contributed by atoms with E-state index in [1.54, 1.807) is 24.4 Å². The quantitative estimate of drug-likeness (QED) is 0.768. The molecule has 1 aromatic heterocycles. The molecule has 1 aliphatic heterocycles. The fourth-order valence-electron chi connectivity index (χ4n) is 2.83. The highest BCUT2D eigenvalue weighted by Gasteiger charge is 2.15. The van der Waals surface area contributed by atoms with Gasteiger partial charge in [-0.05, 0) is 30.2 Å². The first-order valence-electron chi connectivity index (χ1n) is 8.55. The number of ether oxygens (including phenoxy) is 2. The molecule has 1 aliphatic rings. The fraction of sp³-hybridized carbons (Fsp3) is 0.200. The van der Waals surface area contributed by atoms with Crippen LogP contribution >= 0.6 is 0 Å². The summed E-state index contributed by atoms with van der Waals surface area (Å²) in [5.41, 5.74) is 2.44. The third kappa shape index (κ3) is 3.69. The van der Waals surface area contributed by atoms with Gasteiger partial charge in [-0.3, -0.25) is 9.48 Å². The van der Waals surface area contributed by atoms with E-state index in [4.69, 9.17) is 9.47 Å². The van der Waals surface area contributed by atoms with E-state index in [9.17, 15) is 4.79 Å². The second-order valence-electron chi connectivity index (χ2n) is 6.04. The lowest BCUT2D eigenvalue weighted by Crippen LogP contribution is -2.17. The molecule has 0 saturated heterocycles. The third-order valence-electron chi connectivity index (χ3n) is 4.17. The van der Waals surface area contributed by atoms with Crippen LogP contribution in [0.5, 0.6) is 11.5 Å². The number of carbonyl (C=O) groups excluding carboxylic acids is 1. The maximum absolute atomic E-state index is 12.4. The van der Waals surface area contributed by atoms with Crippen molar-refractivity contribution >= 4 is 11.6 Å². The predicted molar refractivity (Wildman–Crippen MR) is 97.8 cm³/mol. The molecule has 4 rings (SSSR count). The van der Waals surface area contributed by atoms with Gasteiger partial charge >= 0.3 is 0 Å². The van der Waals surface area contributed by atoms with Gasteiger partial charge < -0.3 is 14.8 Å². The average molecular weight is 349 g/mol. The lowest BCUT2D eigenvalue weighted by molar-refractivity contribution is 0.102. The first-order chi connectivity index (χ1) is 12.8. The number of nitrogens with zero attached hydrogens (tertiary/aromatic N) is 2. The summed E-state index contributed by atoms with van der Waals surface area (Å²) in [5.74, 6) is 1.06. The van der Waals surface area contributed by atoms with Gasteiger partial charge in [0, 0.05) is 18.3 Å². The maximum atomic E-state index is 12.4. The standard InChI is InChI=1S/C20H19N3O3/c24-20(16-6-7-18-19(12-16)26-11-10-25-18)22-17-13-21-23(14-17)9-8-15-4-2-1-3-5-15/h1-7,12-14H,8-11H2,(H,22,24). The molecule has 6 nitrogen and oxygen atoms in total. The first-order valence-corrected chi connectivity index (χ1v) is 8.55. The Kier molecular flexibility index (Phi) is 4.55. The van der Waals surface area contributed by atoms with E-state index in [0.717, 1.165) is 13.0 Å². The Hall–Kier alpha value is -3.28. The molecule has 1 amide bonds. The zero-order chi connectivity index (χ0) is 17.8. The average Bonchev–Trinajstić information content (AvgIpc) is 3.14. The fourth-order valence-corrected chi connectivity index (χ4v) is 2.83. The Balaban J connectivity index is 1.38. The van der Waals surface area contributed by atoms with Crippen LogP contribution in [0.15, 0.2) is 60.9 Å². The lowest BCUT2D eigenvalue weighted by Gasteiger charge is -2.18. The summed E-state index contributed by atoms with van der Waals surface area (Å²) in [6.07, 6.45) is 4.37. The predicted octanol–water partition coefficient (Wildman–Crippen LogP) is 3.15. The highest BCUT2D eigenvalue weighted by molar-refractivity contribution is 6.04. The number of aryl methyl sites for hydroxylation is 2. The van der Waals surface area contributed by atoms with Crippen molar-refractivity contribution in [1.82, 2.24) is 9.78 Å².